The van der Waals surface area contributed by atoms with E-state index in [0.29, 0.717) is 11.1 Å². The van der Waals surface area contributed by atoms with E-state index < -0.39 is 5.56 Å². The van der Waals surface area contributed by atoms with E-state index in [1.807, 2.05) is 84.9 Å². The van der Waals surface area contributed by atoms with Crippen molar-refractivity contribution in [1.82, 2.24) is 4.98 Å². The molecule has 0 bridgehead atoms. The number of nitrogens with one attached hydrogen (secondary N) is 1. The lowest BCUT2D eigenvalue weighted by molar-refractivity contribution is 0.104. The maximum Gasteiger partial charge on any atom is 0.260 e. The molecule has 30 heavy (non-hydrogen) atoms. The van der Waals surface area contributed by atoms with Crippen molar-refractivity contribution in [3.63, 3.8) is 0 Å². The van der Waals surface area contributed by atoms with E-state index in [-0.39, 0.29) is 11.3 Å². The van der Waals surface area contributed by atoms with Crippen LogP contribution in [0.2, 0.25) is 0 Å². The highest BCUT2D eigenvalue weighted by molar-refractivity contribution is 9.10. The highest BCUT2D eigenvalue weighted by atomic mass is 79.9. The van der Waals surface area contributed by atoms with Gasteiger partial charge in [0.1, 0.15) is 0 Å². The van der Waals surface area contributed by atoms with E-state index in [0.717, 1.165) is 21.0 Å². The van der Waals surface area contributed by atoms with Gasteiger partial charge in [0.05, 0.1) is 5.56 Å². The monoisotopic (exact) mass is 455 g/mol. The number of aromatic nitrogens is 1. The van der Waals surface area contributed by atoms with Gasteiger partial charge in [-0.2, -0.15) is 0 Å². The molecule has 0 radical (unpaired) electrons. The molecule has 4 heteroatoms. The molecule has 1 heterocycles. The summed E-state index contributed by atoms with van der Waals surface area (Å²) in [5.74, 6) is -0.338. The fourth-order valence-corrected chi connectivity index (χ4v) is 3.72. The predicted molar refractivity (Wildman–Crippen MR) is 127 cm³/mol. The van der Waals surface area contributed by atoms with Crippen molar-refractivity contribution in [3.05, 3.63) is 123 Å². The number of aromatic amines is 1. The number of halogens is 1. The van der Waals surface area contributed by atoms with E-state index in [2.05, 4.69) is 20.9 Å². The minimum Gasteiger partial charge on any atom is -0.321 e. The van der Waals surface area contributed by atoms with Crippen LogP contribution >= 0.6 is 15.9 Å². The highest BCUT2D eigenvalue weighted by Crippen LogP contribution is 2.31. The summed E-state index contributed by atoms with van der Waals surface area (Å²) in [5.41, 5.74) is 2.92. The summed E-state index contributed by atoms with van der Waals surface area (Å²) < 4.78 is 0.874. The molecule has 0 aliphatic rings. The molecule has 4 rings (SSSR count). The minimum atomic E-state index is -0.398. The number of ketones is 1. The Morgan fingerprint density at radius 1 is 0.867 bits per heavy atom. The number of hydrogen-bond acceptors (Lipinski definition) is 2. The third kappa shape index (κ3) is 4.24. The fourth-order valence-electron chi connectivity index (χ4n) is 3.36. The van der Waals surface area contributed by atoms with Crippen molar-refractivity contribution >= 4 is 38.7 Å². The quantitative estimate of drug-likeness (QED) is 0.214. The normalized spacial score (nSPS) is 11.5. The van der Waals surface area contributed by atoms with Crippen LogP contribution in [0.3, 0.4) is 0 Å². The number of fused-ring (bicyclic) bond motifs is 1. The zero-order valence-corrected chi connectivity index (χ0v) is 17.6. The van der Waals surface area contributed by atoms with Gasteiger partial charge in [0.2, 0.25) is 0 Å². The third-order valence-corrected chi connectivity index (χ3v) is 5.23. The molecule has 146 valence electrons. The van der Waals surface area contributed by atoms with Crippen LogP contribution in [0.4, 0.5) is 0 Å². The Hall–Kier alpha value is -3.50. The second-order valence-corrected chi connectivity index (χ2v) is 7.67. The van der Waals surface area contributed by atoms with Crippen LogP contribution in [0, 0.1) is 0 Å². The number of hydrogen-bond donors (Lipinski definition) is 1. The van der Waals surface area contributed by atoms with Gasteiger partial charge < -0.3 is 4.98 Å². The van der Waals surface area contributed by atoms with Crippen molar-refractivity contribution in [2.45, 2.75) is 0 Å². The molecule has 0 unspecified atom stereocenters. The second-order valence-electron chi connectivity index (χ2n) is 6.75. The summed E-state index contributed by atoms with van der Waals surface area (Å²) in [6.45, 7) is 0. The molecule has 0 aliphatic carbocycles. The number of carbonyl (C=O) groups excluding carboxylic acids is 1. The number of benzene rings is 3. The fraction of sp³-hybridized carbons (Fsp3) is 0. The molecule has 3 aromatic carbocycles. The number of pyridine rings is 1. The molecule has 0 amide bonds. The van der Waals surface area contributed by atoms with Crippen molar-refractivity contribution in [2.24, 2.45) is 0 Å². The number of carbonyl (C=O) groups is 1. The molecule has 1 N–H and O–H groups in total. The average molecular weight is 456 g/mol. The standard InChI is InChI=1S/C26H18BrNO2/c27-20-15-16-22-21(17-20)24(19-12-5-2-6-13-19)25(26(30)28-22)23(29)14-8-7-11-18-9-3-1-4-10-18/h1-17H,(H,28,30). The molecule has 0 saturated heterocycles. The van der Waals surface area contributed by atoms with Crippen molar-refractivity contribution < 1.29 is 4.79 Å². The zero-order valence-electron chi connectivity index (χ0n) is 16.0. The first-order chi connectivity index (χ1) is 14.6. The first kappa shape index (κ1) is 19.8. The molecule has 0 fully saturated rings. The molecule has 1 aromatic heterocycles. The first-order valence-electron chi connectivity index (χ1n) is 9.48. The number of allylic oxidation sites excluding steroid dienone is 3. The Labute approximate surface area is 182 Å². The summed E-state index contributed by atoms with van der Waals surface area (Å²) in [4.78, 5) is 28.8. The first-order valence-corrected chi connectivity index (χ1v) is 10.3. The smallest absolute Gasteiger partial charge is 0.260 e. The Morgan fingerprint density at radius 3 is 2.30 bits per heavy atom. The van der Waals surface area contributed by atoms with Crippen LogP contribution < -0.4 is 5.56 Å². The maximum absolute atomic E-state index is 13.0. The molecule has 0 saturated carbocycles. The predicted octanol–water partition coefficient (Wildman–Crippen LogP) is 6.41. The summed E-state index contributed by atoms with van der Waals surface area (Å²) in [7, 11) is 0. The Morgan fingerprint density at radius 2 is 1.57 bits per heavy atom. The van der Waals surface area contributed by atoms with Crippen LogP contribution in [0.25, 0.3) is 28.1 Å². The van der Waals surface area contributed by atoms with Gasteiger partial charge in [-0.05, 0) is 35.4 Å². The summed E-state index contributed by atoms with van der Waals surface area (Å²) >= 11 is 3.49. The molecule has 0 spiro atoms. The van der Waals surface area contributed by atoms with Crippen LogP contribution in [-0.2, 0) is 0 Å². The van der Waals surface area contributed by atoms with Gasteiger partial charge in [-0.3, -0.25) is 9.59 Å². The lowest BCUT2D eigenvalue weighted by Gasteiger charge is -2.11. The number of rotatable bonds is 5. The van der Waals surface area contributed by atoms with Gasteiger partial charge in [0.25, 0.3) is 5.56 Å². The van der Waals surface area contributed by atoms with Gasteiger partial charge in [0, 0.05) is 20.9 Å². The Kier molecular flexibility index (Phi) is 5.87. The lowest BCUT2D eigenvalue weighted by Crippen LogP contribution is -2.18. The van der Waals surface area contributed by atoms with E-state index >= 15 is 0 Å². The molecular formula is C26H18BrNO2. The average Bonchev–Trinajstić information content (AvgIpc) is 2.77. The van der Waals surface area contributed by atoms with Gasteiger partial charge in [-0.15, -0.1) is 0 Å². The van der Waals surface area contributed by atoms with Gasteiger partial charge in [-0.25, -0.2) is 0 Å². The van der Waals surface area contributed by atoms with Crippen molar-refractivity contribution in [1.29, 1.82) is 0 Å². The van der Waals surface area contributed by atoms with E-state index in [9.17, 15) is 9.59 Å². The van der Waals surface area contributed by atoms with Crippen molar-refractivity contribution in [3.8, 4) is 11.1 Å². The van der Waals surface area contributed by atoms with Gasteiger partial charge in [-0.1, -0.05) is 94.8 Å². The highest BCUT2D eigenvalue weighted by Gasteiger charge is 2.19. The maximum atomic E-state index is 13.0. The molecular weight excluding hydrogens is 438 g/mol. The summed E-state index contributed by atoms with van der Waals surface area (Å²) in [5, 5.41) is 0.812. The molecule has 0 atom stereocenters. The molecule has 4 aromatic rings. The van der Waals surface area contributed by atoms with E-state index in [1.54, 1.807) is 12.2 Å². The van der Waals surface area contributed by atoms with Crippen LogP contribution in [-0.4, -0.2) is 10.8 Å². The Balaban J connectivity index is 1.81. The zero-order chi connectivity index (χ0) is 20.9. The molecule has 3 nitrogen and oxygen atoms in total. The van der Waals surface area contributed by atoms with Gasteiger partial charge >= 0.3 is 0 Å². The summed E-state index contributed by atoms with van der Waals surface area (Å²) in [6, 6.07) is 24.9. The van der Waals surface area contributed by atoms with Crippen LogP contribution in [0.15, 0.2) is 106 Å². The van der Waals surface area contributed by atoms with Gasteiger partial charge in [0.15, 0.2) is 5.78 Å². The van der Waals surface area contributed by atoms with Crippen molar-refractivity contribution in [2.75, 3.05) is 0 Å². The Bertz CT molecular complexity index is 1320. The number of H-pyrrole nitrogens is 1. The summed E-state index contributed by atoms with van der Waals surface area (Å²) in [6.07, 6.45) is 6.79. The van der Waals surface area contributed by atoms with E-state index in [1.165, 1.54) is 6.08 Å². The molecule has 0 aliphatic heterocycles. The minimum absolute atomic E-state index is 0.135. The third-order valence-electron chi connectivity index (χ3n) is 4.73. The van der Waals surface area contributed by atoms with E-state index in [4.69, 9.17) is 0 Å². The lowest BCUT2D eigenvalue weighted by atomic mass is 9.94. The van der Waals surface area contributed by atoms with Crippen LogP contribution in [0.5, 0.6) is 0 Å². The largest absolute Gasteiger partial charge is 0.321 e. The van der Waals surface area contributed by atoms with Crippen LogP contribution in [0.1, 0.15) is 15.9 Å². The second kappa shape index (κ2) is 8.89. The SMILES string of the molecule is O=C(C=CC=Cc1ccccc1)c1c(-c2ccccc2)c2cc(Br)ccc2[nH]c1=O. The topological polar surface area (TPSA) is 49.9 Å².